The van der Waals surface area contributed by atoms with Gasteiger partial charge in [-0.1, -0.05) is 30.3 Å². The average Bonchev–Trinajstić information content (AvgIpc) is 3.19. The number of carbonyl (C=O) groups is 1. The van der Waals surface area contributed by atoms with Crippen molar-refractivity contribution in [1.82, 2.24) is 10.6 Å². The van der Waals surface area contributed by atoms with E-state index in [4.69, 9.17) is 4.42 Å². The monoisotopic (exact) mass is 284 g/mol. The van der Waals surface area contributed by atoms with E-state index in [-0.39, 0.29) is 11.9 Å². The van der Waals surface area contributed by atoms with E-state index < -0.39 is 0 Å². The molecule has 2 heterocycles. The van der Waals surface area contributed by atoms with Crippen molar-refractivity contribution in [2.45, 2.75) is 18.9 Å². The van der Waals surface area contributed by atoms with Gasteiger partial charge in [-0.05, 0) is 43.1 Å². The van der Waals surface area contributed by atoms with Crippen LogP contribution < -0.4 is 10.6 Å². The third-order valence-electron chi connectivity index (χ3n) is 3.90. The van der Waals surface area contributed by atoms with Crippen molar-refractivity contribution in [3.63, 3.8) is 0 Å². The van der Waals surface area contributed by atoms with Gasteiger partial charge in [0.1, 0.15) is 11.8 Å². The number of rotatable bonds is 5. The van der Waals surface area contributed by atoms with Gasteiger partial charge in [-0.25, -0.2) is 0 Å². The van der Waals surface area contributed by atoms with Crippen LogP contribution in [0.15, 0.2) is 53.1 Å². The summed E-state index contributed by atoms with van der Waals surface area (Å²) in [6, 6.07) is 13.4. The maximum absolute atomic E-state index is 12.3. The molecule has 4 nitrogen and oxygen atoms in total. The lowest BCUT2D eigenvalue weighted by atomic mass is 10.0. The third kappa shape index (κ3) is 3.52. The van der Waals surface area contributed by atoms with Crippen LogP contribution in [0, 0.1) is 5.92 Å². The zero-order chi connectivity index (χ0) is 14.5. The molecule has 1 fully saturated rings. The zero-order valence-electron chi connectivity index (χ0n) is 11.9. The van der Waals surface area contributed by atoms with Gasteiger partial charge in [0.25, 0.3) is 0 Å². The maximum Gasteiger partial charge on any atom is 0.221 e. The fourth-order valence-electron chi connectivity index (χ4n) is 2.79. The molecule has 1 aromatic carbocycles. The molecule has 1 aliphatic heterocycles. The SMILES string of the molecule is O=C(CC1CCNC1)NC(c1ccccc1)c1ccco1. The second-order valence-electron chi connectivity index (χ2n) is 5.49. The van der Waals surface area contributed by atoms with Gasteiger partial charge in [-0.3, -0.25) is 4.79 Å². The zero-order valence-corrected chi connectivity index (χ0v) is 11.9. The summed E-state index contributed by atoms with van der Waals surface area (Å²) < 4.78 is 5.49. The van der Waals surface area contributed by atoms with E-state index in [0.717, 1.165) is 30.8 Å². The molecule has 2 atom stereocenters. The summed E-state index contributed by atoms with van der Waals surface area (Å²) in [7, 11) is 0. The number of nitrogens with one attached hydrogen (secondary N) is 2. The highest BCUT2D eigenvalue weighted by molar-refractivity contribution is 5.77. The summed E-state index contributed by atoms with van der Waals surface area (Å²) in [5, 5.41) is 6.39. The minimum atomic E-state index is -0.219. The number of hydrogen-bond acceptors (Lipinski definition) is 3. The summed E-state index contributed by atoms with van der Waals surface area (Å²) >= 11 is 0. The maximum atomic E-state index is 12.3. The Morgan fingerprint density at radius 2 is 2.14 bits per heavy atom. The molecule has 4 heteroatoms. The van der Waals surface area contributed by atoms with Crippen molar-refractivity contribution < 1.29 is 9.21 Å². The Balaban J connectivity index is 1.72. The molecule has 1 aromatic heterocycles. The lowest BCUT2D eigenvalue weighted by Crippen LogP contribution is -2.30. The van der Waals surface area contributed by atoms with Crippen LogP contribution in [0.5, 0.6) is 0 Å². The molecule has 1 amide bonds. The number of amides is 1. The molecule has 2 unspecified atom stereocenters. The number of furan rings is 1. The minimum absolute atomic E-state index is 0.0777. The van der Waals surface area contributed by atoms with E-state index in [0.29, 0.717) is 12.3 Å². The van der Waals surface area contributed by atoms with E-state index >= 15 is 0 Å². The highest BCUT2D eigenvalue weighted by atomic mass is 16.3. The Morgan fingerprint density at radius 3 is 2.81 bits per heavy atom. The first kappa shape index (κ1) is 13.9. The van der Waals surface area contributed by atoms with Crippen LogP contribution in [0.25, 0.3) is 0 Å². The van der Waals surface area contributed by atoms with Crippen LogP contribution >= 0.6 is 0 Å². The smallest absolute Gasteiger partial charge is 0.221 e. The van der Waals surface area contributed by atoms with Gasteiger partial charge in [0.2, 0.25) is 5.91 Å². The van der Waals surface area contributed by atoms with E-state index in [2.05, 4.69) is 10.6 Å². The normalized spacial score (nSPS) is 19.3. The molecule has 0 aliphatic carbocycles. The van der Waals surface area contributed by atoms with E-state index in [1.165, 1.54) is 0 Å². The lowest BCUT2D eigenvalue weighted by molar-refractivity contribution is -0.122. The van der Waals surface area contributed by atoms with Crippen LogP contribution in [-0.4, -0.2) is 19.0 Å². The van der Waals surface area contributed by atoms with Gasteiger partial charge in [-0.2, -0.15) is 0 Å². The summed E-state index contributed by atoms with van der Waals surface area (Å²) in [6.45, 7) is 1.95. The van der Waals surface area contributed by atoms with Crippen LogP contribution in [-0.2, 0) is 4.79 Å². The first-order valence-electron chi connectivity index (χ1n) is 7.41. The Bertz CT molecular complexity index is 560. The van der Waals surface area contributed by atoms with Gasteiger partial charge < -0.3 is 15.1 Å². The molecule has 2 aromatic rings. The summed E-state index contributed by atoms with van der Waals surface area (Å²) in [4.78, 5) is 12.3. The summed E-state index contributed by atoms with van der Waals surface area (Å²) in [6.07, 6.45) is 3.28. The van der Waals surface area contributed by atoms with E-state index in [1.807, 2.05) is 42.5 Å². The van der Waals surface area contributed by atoms with Gasteiger partial charge in [-0.15, -0.1) is 0 Å². The quantitative estimate of drug-likeness (QED) is 0.887. The van der Waals surface area contributed by atoms with E-state index in [9.17, 15) is 4.79 Å². The molecule has 0 bridgehead atoms. The number of benzene rings is 1. The minimum Gasteiger partial charge on any atom is -0.467 e. The second-order valence-corrected chi connectivity index (χ2v) is 5.49. The highest BCUT2D eigenvalue weighted by Crippen LogP contribution is 2.23. The first-order chi connectivity index (χ1) is 10.3. The molecule has 21 heavy (non-hydrogen) atoms. The fourth-order valence-corrected chi connectivity index (χ4v) is 2.79. The van der Waals surface area contributed by atoms with Crippen LogP contribution in [0.3, 0.4) is 0 Å². The molecule has 0 spiro atoms. The standard InChI is InChI=1S/C17H20N2O2/c20-16(11-13-8-9-18-12-13)19-17(15-7-4-10-21-15)14-5-2-1-3-6-14/h1-7,10,13,17-18H,8-9,11-12H2,(H,19,20). The number of carbonyl (C=O) groups excluding carboxylic acids is 1. The first-order valence-corrected chi connectivity index (χ1v) is 7.41. The molecular formula is C17H20N2O2. The second kappa shape index (κ2) is 6.59. The van der Waals surface area contributed by atoms with Gasteiger partial charge >= 0.3 is 0 Å². The topological polar surface area (TPSA) is 54.3 Å². The Hall–Kier alpha value is -2.07. The van der Waals surface area contributed by atoms with Crippen molar-refractivity contribution in [3.8, 4) is 0 Å². The Labute approximate surface area is 124 Å². The molecule has 1 aliphatic rings. The van der Waals surface area contributed by atoms with Gasteiger partial charge in [0.05, 0.1) is 6.26 Å². The van der Waals surface area contributed by atoms with Crippen molar-refractivity contribution in [1.29, 1.82) is 0 Å². The molecular weight excluding hydrogens is 264 g/mol. The molecule has 2 N–H and O–H groups in total. The average molecular weight is 284 g/mol. The predicted molar refractivity (Wildman–Crippen MR) is 80.7 cm³/mol. The van der Waals surface area contributed by atoms with Crippen molar-refractivity contribution >= 4 is 5.91 Å². The van der Waals surface area contributed by atoms with Crippen molar-refractivity contribution in [2.75, 3.05) is 13.1 Å². The lowest BCUT2D eigenvalue weighted by Gasteiger charge is -2.18. The molecule has 0 saturated carbocycles. The Kier molecular flexibility index (Phi) is 4.36. The van der Waals surface area contributed by atoms with Crippen LogP contribution in [0.2, 0.25) is 0 Å². The third-order valence-corrected chi connectivity index (χ3v) is 3.90. The van der Waals surface area contributed by atoms with E-state index in [1.54, 1.807) is 6.26 Å². The summed E-state index contributed by atoms with van der Waals surface area (Å²) in [5.41, 5.74) is 1.03. The fraction of sp³-hybridized carbons (Fsp3) is 0.353. The van der Waals surface area contributed by atoms with Gasteiger partial charge in [0, 0.05) is 6.42 Å². The highest BCUT2D eigenvalue weighted by Gasteiger charge is 2.22. The van der Waals surface area contributed by atoms with Crippen LogP contribution in [0.1, 0.15) is 30.2 Å². The molecule has 110 valence electrons. The largest absolute Gasteiger partial charge is 0.467 e. The number of hydrogen-bond donors (Lipinski definition) is 2. The predicted octanol–water partition coefficient (Wildman–Crippen LogP) is 2.48. The summed E-state index contributed by atoms with van der Waals surface area (Å²) in [5.74, 6) is 1.28. The molecule has 3 rings (SSSR count). The Morgan fingerprint density at radius 1 is 1.29 bits per heavy atom. The molecule has 0 radical (unpaired) electrons. The molecule has 1 saturated heterocycles. The van der Waals surface area contributed by atoms with Crippen molar-refractivity contribution in [3.05, 3.63) is 60.1 Å². The van der Waals surface area contributed by atoms with Crippen molar-refractivity contribution in [2.24, 2.45) is 5.92 Å². The van der Waals surface area contributed by atoms with Gasteiger partial charge in [0.15, 0.2) is 0 Å². The van der Waals surface area contributed by atoms with Crippen LogP contribution in [0.4, 0.5) is 0 Å².